The first-order chi connectivity index (χ1) is 4.34. The molecular weight excluding hydrogens is 116 g/mol. The number of ketones is 1. The Balaban J connectivity index is 2.32. The van der Waals surface area contributed by atoms with Gasteiger partial charge < -0.3 is 11.1 Å². The summed E-state index contributed by atoms with van der Waals surface area (Å²) in [5, 5.41) is 3.11. The van der Waals surface area contributed by atoms with Crippen LogP contribution in [0.3, 0.4) is 0 Å². The minimum absolute atomic E-state index is 0.194. The third-order valence-electron chi connectivity index (χ3n) is 1.72. The van der Waals surface area contributed by atoms with Gasteiger partial charge in [0, 0.05) is 12.5 Å². The summed E-state index contributed by atoms with van der Waals surface area (Å²) in [4.78, 5) is 10.8. The molecule has 1 atom stereocenters. The van der Waals surface area contributed by atoms with Gasteiger partial charge in [-0.2, -0.15) is 0 Å². The van der Waals surface area contributed by atoms with Crippen LogP contribution in [-0.2, 0) is 4.79 Å². The summed E-state index contributed by atoms with van der Waals surface area (Å²) in [7, 11) is 0. The molecule has 52 valence electrons. The molecule has 0 aromatic heterocycles. The van der Waals surface area contributed by atoms with Gasteiger partial charge in [0.25, 0.3) is 0 Å². The van der Waals surface area contributed by atoms with Crippen LogP contribution in [0.25, 0.3) is 0 Å². The van der Waals surface area contributed by atoms with Crippen LogP contribution in [0.2, 0.25) is 0 Å². The summed E-state index contributed by atoms with van der Waals surface area (Å²) < 4.78 is 0. The minimum atomic E-state index is 0.194. The Kier molecular flexibility index (Phi) is 2.19. The molecule has 1 unspecified atom stereocenters. The van der Waals surface area contributed by atoms with Crippen LogP contribution in [0.1, 0.15) is 6.42 Å². The Labute approximate surface area is 54.6 Å². The van der Waals surface area contributed by atoms with E-state index in [9.17, 15) is 4.79 Å². The van der Waals surface area contributed by atoms with Crippen molar-refractivity contribution in [2.75, 3.05) is 19.6 Å². The number of rotatable bonds is 2. The highest BCUT2D eigenvalue weighted by molar-refractivity contribution is 5.83. The van der Waals surface area contributed by atoms with Gasteiger partial charge in [-0.1, -0.05) is 0 Å². The van der Waals surface area contributed by atoms with Crippen LogP contribution < -0.4 is 11.1 Å². The average Bonchev–Trinajstić information content (AvgIpc) is 2.37. The van der Waals surface area contributed by atoms with Gasteiger partial charge in [0.1, 0.15) is 0 Å². The summed E-state index contributed by atoms with van der Waals surface area (Å²) in [5.41, 5.74) is 5.17. The van der Waals surface area contributed by atoms with Crippen LogP contribution in [0, 0.1) is 5.92 Å². The van der Waals surface area contributed by atoms with Crippen molar-refractivity contribution in [3.8, 4) is 0 Å². The lowest BCUT2D eigenvalue weighted by Crippen LogP contribution is -2.24. The van der Waals surface area contributed by atoms with Gasteiger partial charge in [-0.15, -0.1) is 0 Å². The first-order valence-corrected chi connectivity index (χ1v) is 3.28. The molecule has 0 radical (unpaired) electrons. The Morgan fingerprint density at radius 3 is 3.00 bits per heavy atom. The maximum atomic E-state index is 10.8. The lowest BCUT2D eigenvalue weighted by atomic mass is 10.0. The van der Waals surface area contributed by atoms with Crippen molar-refractivity contribution < 1.29 is 4.79 Å². The van der Waals surface area contributed by atoms with E-state index in [0.29, 0.717) is 0 Å². The van der Waals surface area contributed by atoms with Crippen molar-refractivity contribution >= 4 is 5.78 Å². The lowest BCUT2D eigenvalue weighted by molar-refractivity contribution is -0.120. The SMILES string of the molecule is NCC(=O)C1CCNC1. The molecule has 1 saturated heterocycles. The van der Waals surface area contributed by atoms with Crippen LogP contribution in [0.15, 0.2) is 0 Å². The standard InChI is InChI=1S/C6H12N2O/c7-3-6(9)5-1-2-8-4-5/h5,8H,1-4,7H2. The van der Waals surface area contributed by atoms with Gasteiger partial charge in [-0.25, -0.2) is 0 Å². The zero-order valence-electron chi connectivity index (χ0n) is 5.39. The first-order valence-electron chi connectivity index (χ1n) is 3.28. The molecule has 9 heavy (non-hydrogen) atoms. The highest BCUT2D eigenvalue weighted by Crippen LogP contribution is 2.06. The summed E-state index contributed by atoms with van der Waals surface area (Å²) in [6, 6.07) is 0. The average molecular weight is 128 g/mol. The van der Waals surface area contributed by atoms with Gasteiger partial charge in [0.15, 0.2) is 5.78 Å². The molecule has 0 aliphatic carbocycles. The summed E-state index contributed by atoms with van der Waals surface area (Å²) in [6.07, 6.45) is 0.968. The molecule has 1 heterocycles. The van der Waals surface area contributed by atoms with E-state index in [2.05, 4.69) is 5.32 Å². The van der Waals surface area contributed by atoms with E-state index in [-0.39, 0.29) is 18.2 Å². The maximum Gasteiger partial charge on any atom is 0.150 e. The summed E-state index contributed by atoms with van der Waals surface area (Å²) >= 11 is 0. The molecule has 1 aliphatic heterocycles. The third kappa shape index (κ3) is 1.50. The van der Waals surface area contributed by atoms with E-state index in [1.165, 1.54) is 0 Å². The van der Waals surface area contributed by atoms with Crippen LogP contribution in [-0.4, -0.2) is 25.4 Å². The van der Waals surface area contributed by atoms with Gasteiger partial charge in [-0.05, 0) is 13.0 Å². The van der Waals surface area contributed by atoms with Crippen LogP contribution >= 0.6 is 0 Å². The Morgan fingerprint density at radius 1 is 1.78 bits per heavy atom. The molecule has 0 aromatic carbocycles. The summed E-state index contributed by atoms with van der Waals surface area (Å²) in [6.45, 7) is 2.00. The van der Waals surface area contributed by atoms with Gasteiger partial charge in [0.2, 0.25) is 0 Å². The Morgan fingerprint density at radius 2 is 2.56 bits per heavy atom. The van der Waals surface area contributed by atoms with E-state index in [4.69, 9.17) is 5.73 Å². The number of carbonyl (C=O) groups excluding carboxylic acids is 1. The van der Waals surface area contributed by atoms with Crippen molar-refractivity contribution in [2.45, 2.75) is 6.42 Å². The molecule has 1 aliphatic rings. The largest absolute Gasteiger partial charge is 0.324 e. The molecule has 3 nitrogen and oxygen atoms in total. The monoisotopic (exact) mass is 128 g/mol. The molecule has 0 bridgehead atoms. The van der Waals surface area contributed by atoms with Crippen molar-refractivity contribution in [1.82, 2.24) is 5.32 Å². The van der Waals surface area contributed by atoms with Crippen molar-refractivity contribution in [3.05, 3.63) is 0 Å². The zero-order chi connectivity index (χ0) is 6.69. The molecule has 3 heteroatoms. The highest BCUT2D eigenvalue weighted by atomic mass is 16.1. The number of hydrogen-bond donors (Lipinski definition) is 2. The molecular formula is C6H12N2O. The molecule has 1 fully saturated rings. The van der Waals surface area contributed by atoms with Crippen molar-refractivity contribution in [3.63, 3.8) is 0 Å². The lowest BCUT2D eigenvalue weighted by Gasteiger charge is -2.01. The topological polar surface area (TPSA) is 55.1 Å². The second kappa shape index (κ2) is 2.94. The first kappa shape index (κ1) is 6.71. The quantitative estimate of drug-likeness (QED) is 0.508. The van der Waals surface area contributed by atoms with Crippen LogP contribution in [0.4, 0.5) is 0 Å². The second-order valence-electron chi connectivity index (χ2n) is 2.36. The minimum Gasteiger partial charge on any atom is -0.324 e. The van der Waals surface area contributed by atoms with Gasteiger partial charge >= 0.3 is 0 Å². The van der Waals surface area contributed by atoms with Gasteiger partial charge in [-0.3, -0.25) is 4.79 Å². The Hall–Kier alpha value is -0.410. The normalized spacial score (nSPS) is 26.6. The van der Waals surface area contributed by atoms with Crippen molar-refractivity contribution in [2.24, 2.45) is 11.7 Å². The fraction of sp³-hybridized carbons (Fsp3) is 0.833. The summed E-state index contributed by atoms with van der Waals surface area (Å²) in [5.74, 6) is 0.398. The number of nitrogens with one attached hydrogen (secondary N) is 1. The fourth-order valence-corrected chi connectivity index (χ4v) is 1.10. The third-order valence-corrected chi connectivity index (χ3v) is 1.72. The van der Waals surface area contributed by atoms with E-state index in [1.54, 1.807) is 0 Å². The number of nitrogens with two attached hydrogens (primary N) is 1. The van der Waals surface area contributed by atoms with E-state index >= 15 is 0 Å². The van der Waals surface area contributed by atoms with E-state index < -0.39 is 0 Å². The molecule has 0 saturated carbocycles. The molecule has 0 aromatic rings. The van der Waals surface area contributed by atoms with Gasteiger partial charge in [0.05, 0.1) is 6.54 Å². The number of carbonyl (C=O) groups is 1. The maximum absolute atomic E-state index is 10.8. The Bertz CT molecular complexity index is 108. The molecule has 1 rings (SSSR count). The molecule has 0 amide bonds. The number of Topliss-reactive ketones (excluding diaryl/α,β-unsaturated/α-hetero) is 1. The smallest absolute Gasteiger partial charge is 0.150 e. The van der Waals surface area contributed by atoms with Crippen molar-refractivity contribution in [1.29, 1.82) is 0 Å². The van der Waals surface area contributed by atoms with E-state index in [0.717, 1.165) is 19.5 Å². The second-order valence-corrected chi connectivity index (χ2v) is 2.36. The predicted octanol–water partition coefficient (Wildman–Crippen LogP) is -0.876. The number of hydrogen-bond acceptors (Lipinski definition) is 3. The zero-order valence-corrected chi connectivity index (χ0v) is 5.39. The predicted molar refractivity (Wildman–Crippen MR) is 35.0 cm³/mol. The van der Waals surface area contributed by atoms with Crippen LogP contribution in [0.5, 0.6) is 0 Å². The fourth-order valence-electron chi connectivity index (χ4n) is 1.10. The molecule has 3 N–H and O–H groups in total. The van der Waals surface area contributed by atoms with E-state index in [1.807, 2.05) is 0 Å². The molecule has 0 spiro atoms. The highest BCUT2D eigenvalue weighted by Gasteiger charge is 2.20.